The highest BCUT2D eigenvalue weighted by Crippen LogP contribution is 2.23. The van der Waals surface area contributed by atoms with Gasteiger partial charge in [0.15, 0.2) is 0 Å². The Morgan fingerprint density at radius 2 is 1.80 bits per heavy atom. The van der Waals surface area contributed by atoms with Crippen LogP contribution < -0.4 is 5.32 Å². The molecule has 1 aliphatic rings. The lowest BCUT2D eigenvalue weighted by Crippen LogP contribution is -2.44. The van der Waals surface area contributed by atoms with E-state index in [4.69, 9.17) is 0 Å². The zero-order valence-corrected chi connectivity index (χ0v) is 15.0. The van der Waals surface area contributed by atoms with Crippen LogP contribution in [0.5, 0.6) is 0 Å². The molecule has 3 rings (SSSR count). The SMILES string of the molecule is COC(=O)NC1CCN(Cc2cccc(-c3cccc(C)c3)c2)CC1. The second-order valence-electron chi connectivity index (χ2n) is 6.76. The molecule has 0 saturated carbocycles. The minimum Gasteiger partial charge on any atom is -0.453 e. The molecule has 0 radical (unpaired) electrons. The van der Waals surface area contributed by atoms with Gasteiger partial charge in [0.25, 0.3) is 0 Å². The van der Waals surface area contributed by atoms with Crippen molar-refractivity contribution in [2.75, 3.05) is 20.2 Å². The summed E-state index contributed by atoms with van der Waals surface area (Å²) in [5.74, 6) is 0. The monoisotopic (exact) mass is 338 g/mol. The Hall–Kier alpha value is -2.33. The van der Waals surface area contributed by atoms with Crippen molar-refractivity contribution in [3.8, 4) is 11.1 Å². The van der Waals surface area contributed by atoms with Gasteiger partial charge in [0.2, 0.25) is 0 Å². The topological polar surface area (TPSA) is 41.6 Å². The summed E-state index contributed by atoms with van der Waals surface area (Å²) < 4.78 is 4.68. The molecule has 0 aliphatic carbocycles. The first kappa shape index (κ1) is 17.5. The first-order valence-electron chi connectivity index (χ1n) is 8.87. The highest BCUT2D eigenvalue weighted by atomic mass is 16.5. The standard InChI is InChI=1S/C21H26N2O2/c1-16-5-3-7-18(13-16)19-8-4-6-17(14-19)15-23-11-9-20(10-12-23)22-21(24)25-2/h3-8,13-14,20H,9-12,15H2,1-2H3,(H,22,24). The minimum atomic E-state index is -0.329. The average Bonchev–Trinajstić information content (AvgIpc) is 2.63. The summed E-state index contributed by atoms with van der Waals surface area (Å²) >= 11 is 0. The number of nitrogens with one attached hydrogen (secondary N) is 1. The summed E-state index contributed by atoms with van der Waals surface area (Å²) in [6.45, 7) is 5.05. The second-order valence-corrected chi connectivity index (χ2v) is 6.76. The largest absolute Gasteiger partial charge is 0.453 e. The maximum Gasteiger partial charge on any atom is 0.407 e. The molecule has 0 atom stereocenters. The second kappa shape index (κ2) is 8.17. The number of alkyl carbamates (subject to hydrolysis) is 1. The van der Waals surface area contributed by atoms with E-state index < -0.39 is 0 Å². The molecule has 2 aromatic carbocycles. The van der Waals surface area contributed by atoms with Gasteiger partial charge in [-0.1, -0.05) is 48.0 Å². The number of amides is 1. The molecule has 0 bridgehead atoms. The average molecular weight is 338 g/mol. The van der Waals surface area contributed by atoms with Crippen LogP contribution in [0.15, 0.2) is 48.5 Å². The molecule has 25 heavy (non-hydrogen) atoms. The molecule has 0 spiro atoms. The van der Waals surface area contributed by atoms with Gasteiger partial charge >= 0.3 is 6.09 Å². The molecular weight excluding hydrogens is 312 g/mol. The van der Waals surface area contributed by atoms with Crippen LogP contribution in [0.4, 0.5) is 4.79 Å². The summed E-state index contributed by atoms with van der Waals surface area (Å²) in [6, 6.07) is 17.6. The van der Waals surface area contributed by atoms with E-state index in [-0.39, 0.29) is 12.1 Å². The van der Waals surface area contributed by atoms with Gasteiger partial charge in [-0.15, -0.1) is 0 Å². The van der Waals surface area contributed by atoms with Gasteiger partial charge in [0, 0.05) is 25.7 Å². The Labute approximate surface area is 149 Å². The van der Waals surface area contributed by atoms with Crippen LogP contribution >= 0.6 is 0 Å². The van der Waals surface area contributed by atoms with Crippen LogP contribution in [-0.4, -0.2) is 37.2 Å². The summed E-state index contributed by atoms with van der Waals surface area (Å²) in [7, 11) is 1.41. The zero-order valence-electron chi connectivity index (χ0n) is 15.0. The molecule has 1 heterocycles. The number of hydrogen-bond donors (Lipinski definition) is 1. The number of aryl methyl sites for hydroxylation is 1. The maximum atomic E-state index is 11.3. The molecule has 0 unspecified atom stereocenters. The maximum absolute atomic E-state index is 11.3. The van der Waals surface area contributed by atoms with Gasteiger partial charge in [-0.25, -0.2) is 4.79 Å². The normalized spacial score (nSPS) is 15.8. The Morgan fingerprint density at radius 1 is 1.12 bits per heavy atom. The number of hydrogen-bond acceptors (Lipinski definition) is 3. The molecule has 4 nitrogen and oxygen atoms in total. The Balaban J connectivity index is 1.59. The van der Waals surface area contributed by atoms with Crippen LogP contribution in [-0.2, 0) is 11.3 Å². The Bertz CT molecular complexity index is 721. The van der Waals surface area contributed by atoms with Crippen molar-refractivity contribution in [3.63, 3.8) is 0 Å². The van der Waals surface area contributed by atoms with Gasteiger partial charge in [-0.2, -0.15) is 0 Å². The number of ether oxygens (including phenoxy) is 1. The number of carbonyl (C=O) groups is 1. The van der Waals surface area contributed by atoms with Gasteiger partial charge < -0.3 is 10.1 Å². The molecule has 1 fully saturated rings. The minimum absolute atomic E-state index is 0.224. The van der Waals surface area contributed by atoms with E-state index in [2.05, 4.69) is 70.4 Å². The molecule has 2 aromatic rings. The van der Waals surface area contributed by atoms with Crippen molar-refractivity contribution in [3.05, 3.63) is 59.7 Å². The number of methoxy groups -OCH3 is 1. The predicted molar refractivity (Wildman–Crippen MR) is 100 cm³/mol. The number of carbonyl (C=O) groups excluding carboxylic acids is 1. The van der Waals surface area contributed by atoms with E-state index in [9.17, 15) is 4.79 Å². The van der Waals surface area contributed by atoms with Gasteiger partial charge in [0.05, 0.1) is 7.11 Å². The van der Waals surface area contributed by atoms with E-state index in [0.717, 1.165) is 32.5 Å². The lowest BCUT2D eigenvalue weighted by atomic mass is 10.0. The van der Waals surface area contributed by atoms with E-state index in [1.807, 2.05) is 0 Å². The number of likely N-dealkylation sites (tertiary alicyclic amines) is 1. The van der Waals surface area contributed by atoms with Crippen molar-refractivity contribution in [2.24, 2.45) is 0 Å². The van der Waals surface area contributed by atoms with E-state index in [1.165, 1.54) is 29.4 Å². The highest BCUT2D eigenvalue weighted by molar-refractivity contribution is 5.67. The first-order chi connectivity index (χ1) is 12.1. The molecular formula is C21H26N2O2. The Morgan fingerprint density at radius 3 is 2.48 bits per heavy atom. The fourth-order valence-corrected chi connectivity index (χ4v) is 3.39. The van der Waals surface area contributed by atoms with Gasteiger partial charge in [-0.3, -0.25) is 4.90 Å². The fraction of sp³-hybridized carbons (Fsp3) is 0.381. The molecule has 1 aliphatic heterocycles. The van der Waals surface area contributed by atoms with Crippen molar-refractivity contribution >= 4 is 6.09 Å². The smallest absolute Gasteiger partial charge is 0.407 e. The van der Waals surface area contributed by atoms with Gasteiger partial charge in [-0.05, 0) is 42.5 Å². The van der Waals surface area contributed by atoms with Crippen molar-refractivity contribution < 1.29 is 9.53 Å². The van der Waals surface area contributed by atoms with E-state index in [0.29, 0.717) is 0 Å². The summed E-state index contributed by atoms with van der Waals surface area (Å²) in [5, 5.41) is 2.90. The van der Waals surface area contributed by atoms with Crippen molar-refractivity contribution in [1.82, 2.24) is 10.2 Å². The number of benzene rings is 2. The summed E-state index contributed by atoms with van der Waals surface area (Å²) in [4.78, 5) is 13.8. The van der Waals surface area contributed by atoms with E-state index in [1.54, 1.807) is 0 Å². The highest BCUT2D eigenvalue weighted by Gasteiger charge is 2.20. The van der Waals surface area contributed by atoms with Crippen molar-refractivity contribution in [1.29, 1.82) is 0 Å². The third-order valence-electron chi connectivity index (χ3n) is 4.78. The molecule has 132 valence electrons. The molecule has 4 heteroatoms. The van der Waals surface area contributed by atoms with Crippen LogP contribution in [0.2, 0.25) is 0 Å². The molecule has 0 aromatic heterocycles. The van der Waals surface area contributed by atoms with Crippen molar-refractivity contribution in [2.45, 2.75) is 32.4 Å². The van der Waals surface area contributed by atoms with Crippen LogP contribution in [0.3, 0.4) is 0 Å². The molecule has 1 N–H and O–H groups in total. The summed E-state index contributed by atoms with van der Waals surface area (Å²) in [6.07, 6.45) is 1.60. The fourth-order valence-electron chi connectivity index (χ4n) is 3.39. The predicted octanol–water partition coefficient (Wildman–Crippen LogP) is 3.98. The zero-order chi connectivity index (χ0) is 17.6. The first-order valence-corrected chi connectivity index (χ1v) is 8.87. The van der Waals surface area contributed by atoms with Crippen LogP contribution in [0.1, 0.15) is 24.0 Å². The van der Waals surface area contributed by atoms with E-state index >= 15 is 0 Å². The number of piperidine rings is 1. The van der Waals surface area contributed by atoms with Crippen LogP contribution in [0, 0.1) is 6.92 Å². The number of rotatable bonds is 4. The third-order valence-corrected chi connectivity index (χ3v) is 4.78. The third kappa shape index (κ3) is 4.83. The lowest BCUT2D eigenvalue weighted by molar-refractivity contribution is 0.150. The van der Waals surface area contributed by atoms with Gasteiger partial charge in [0.1, 0.15) is 0 Å². The van der Waals surface area contributed by atoms with Crippen LogP contribution in [0.25, 0.3) is 11.1 Å². The molecule has 1 saturated heterocycles. The quantitative estimate of drug-likeness (QED) is 0.917. The Kier molecular flexibility index (Phi) is 5.71. The molecule has 1 amide bonds. The summed E-state index contributed by atoms with van der Waals surface area (Å²) in [5.41, 5.74) is 5.15. The number of nitrogens with zero attached hydrogens (tertiary/aromatic N) is 1. The lowest BCUT2D eigenvalue weighted by Gasteiger charge is -2.32.